The van der Waals surface area contributed by atoms with Gasteiger partial charge >= 0.3 is 0 Å². The van der Waals surface area contributed by atoms with E-state index in [-0.39, 0.29) is 5.41 Å². The van der Waals surface area contributed by atoms with Crippen molar-refractivity contribution < 1.29 is 9.47 Å². The number of rotatable bonds is 4. The topological polar surface area (TPSA) is 44.5 Å². The molecule has 0 aliphatic heterocycles. The van der Waals surface area contributed by atoms with Crippen LogP contribution in [0.15, 0.2) is 16.6 Å². The Morgan fingerprint density at radius 2 is 1.88 bits per heavy atom. The van der Waals surface area contributed by atoms with E-state index in [1.807, 2.05) is 12.1 Å². The van der Waals surface area contributed by atoms with E-state index in [0.717, 1.165) is 10.0 Å². The molecule has 1 aromatic carbocycles. The molecule has 0 aliphatic rings. The largest absolute Gasteiger partial charge is 0.493 e. The Labute approximate surface area is 105 Å². The molecule has 0 saturated heterocycles. The van der Waals surface area contributed by atoms with Gasteiger partial charge in [-0.25, -0.2) is 0 Å². The summed E-state index contributed by atoms with van der Waals surface area (Å²) in [6.45, 7) is 4.76. The molecule has 0 radical (unpaired) electrons. The summed E-state index contributed by atoms with van der Waals surface area (Å²) in [6, 6.07) is 3.91. The molecule has 3 nitrogen and oxygen atoms in total. The van der Waals surface area contributed by atoms with Crippen LogP contribution in [0.2, 0.25) is 0 Å². The third-order valence-corrected chi connectivity index (χ3v) is 3.51. The molecule has 0 saturated carbocycles. The molecule has 0 aliphatic carbocycles. The van der Waals surface area contributed by atoms with E-state index in [1.165, 1.54) is 0 Å². The van der Waals surface area contributed by atoms with Crippen LogP contribution in [0, 0.1) is 0 Å². The van der Waals surface area contributed by atoms with Gasteiger partial charge < -0.3 is 15.2 Å². The Kier molecular flexibility index (Phi) is 4.21. The molecule has 2 N–H and O–H groups in total. The minimum Gasteiger partial charge on any atom is -0.493 e. The van der Waals surface area contributed by atoms with Crippen LogP contribution in [-0.2, 0) is 5.41 Å². The molecule has 0 amide bonds. The second kappa shape index (κ2) is 5.06. The fraction of sp³-hybridized carbons (Fsp3) is 0.500. The molecule has 0 fully saturated rings. The van der Waals surface area contributed by atoms with Crippen molar-refractivity contribution in [1.82, 2.24) is 0 Å². The number of methoxy groups -OCH3 is 2. The zero-order chi connectivity index (χ0) is 12.3. The molecule has 16 heavy (non-hydrogen) atoms. The lowest BCUT2D eigenvalue weighted by atomic mass is 9.84. The van der Waals surface area contributed by atoms with E-state index in [1.54, 1.807) is 14.2 Å². The first kappa shape index (κ1) is 13.3. The van der Waals surface area contributed by atoms with Crippen molar-refractivity contribution >= 4 is 15.9 Å². The summed E-state index contributed by atoms with van der Waals surface area (Å²) in [4.78, 5) is 0. The zero-order valence-corrected chi connectivity index (χ0v) is 11.7. The number of benzene rings is 1. The van der Waals surface area contributed by atoms with E-state index in [0.29, 0.717) is 18.0 Å². The van der Waals surface area contributed by atoms with Gasteiger partial charge in [0.1, 0.15) is 0 Å². The minimum atomic E-state index is -0.0988. The average molecular weight is 288 g/mol. The van der Waals surface area contributed by atoms with Crippen molar-refractivity contribution in [1.29, 1.82) is 0 Å². The normalized spacial score (nSPS) is 11.4. The van der Waals surface area contributed by atoms with Gasteiger partial charge in [0.15, 0.2) is 11.5 Å². The molecule has 90 valence electrons. The molecule has 0 unspecified atom stereocenters. The highest BCUT2D eigenvalue weighted by atomic mass is 79.9. The van der Waals surface area contributed by atoms with Gasteiger partial charge in [0.2, 0.25) is 0 Å². The van der Waals surface area contributed by atoms with E-state index in [2.05, 4.69) is 29.8 Å². The summed E-state index contributed by atoms with van der Waals surface area (Å²) in [5, 5.41) is 0. The SMILES string of the molecule is COc1ccc(C(C)(C)CN)c(Br)c1OC. The Morgan fingerprint density at radius 3 is 2.31 bits per heavy atom. The fourth-order valence-electron chi connectivity index (χ4n) is 1.52. The number of ether oxygens (including phenoxy) is 2. The van der Waals surface area contributed by atoms with Gasteiger partial charge in [0, 0.05) is 12.0 Å². The third-order valence-electron chi connectivity index (χ3n) is 2.72. The van der Waals surface area contributed by atoms with Crippen LogP contribution >= 0.6 is 15.9 Å². The predicted octanol–water partition coefficient (Wildman–Crippen LogP) is 2.70. The number of nitrogens with two attached hydrogens (primary N) is 1. The standard InChI is InChI=1S/C12H18BrNO2/c1-12(2,7-14)8-5-6-9(15-3)11(16-4)10(8)13/h5-6H,7,14H2,1-4H3. The molecule has 0 spiro atoms. The smallest absolute Gasteiger partial charge is 0.175 e. The highest BCUT2D eigenvalue weighted by Crippen LogP contribution is 2.41. The summed E-state index contributed by atoms with van der Waals surface area (Å²) in [5.41, 5.74) is 6.80. The Hall–Kier alpha value is -0.740. The van der Waals surface area contributed by atoms with Crippen LogP contribution in [0.3, 0.4) is 0 Å². The minimum absolute atomic E-state index is 0.0988. The lowest BCUT2D eigenvalue weighted by Gasteiger charge is -2.26. The van der Waals surface area contributed by atoms with Gasteiger partial charge in [-0.1, -0.05) is 19.9 Å². The average Bonchev–Trinajstić information content (AvgIpc) is 2.28. The molecule has 0 heterocycles. The quantitative estimate of drug-likeness (QED) is 0.926. The Morgan fingerprint density at radius 1 is 1.25 bits per heavy atom. The molecular weight excluding hydrogens is 270 g/mol. The molecular formula is C12H18BrNO2. The second-order valence-corrected chi connectivity index (χ2v) is 5.04. The highest BCUT2D eigenvalue weighted by molar-refractivity contribution is 9.10. The summed E-state index contributed by atoms with van der Waals surface area (Å²) in [7, 11) is 3.25. The maximum absolute atomic E-state index is 5.78. The molecule has 0 bridgehead atoms. The molecule has 1 aromatic rings. The summed E-state index contributed by atoms with van der Waals surface area (Å²) in [5.74, 6) is 1.42. The predicted molar refractivity (Wildman–Crippen MR) is 69.3 cm³/mol. The maximum Gasteiger partial charge on any atom is 0.175 e. The van der Waals surface area contributed by atoms with Crippen LogP contribution in [0.4, 0.5) is 0 Å². The van der Waals surface area contributed by atoms with Crippen molar-refractivity contribution in [3.63, 3.8) is 0 Å². The maximum atomic E-state index is 5.78. The number of hydrogen-bond donors (Lipinski definition) is 1. The number of halogens is 1. The third kappa shape index (κ3) is 2.33. The zero-order valence-electron chi connectivity index (χ0n) is 10.1. The van der Waals surface area contributed by atoms with Gasteiger partial charge in [-0.05, 0) is 27.6 Å². The fourth-order valence-corrected chi connectivity index (χ4v) is 2.55. The van der Waals surface area contributed by atoms with Gasteiger partial charge in [0.25, 0.3) is 0 Å². The van der Waals surface area contributed by atoms with Crippen molar-refractivity contribution in [2.75, 3.05) is 20.8 Å². The van der Waals surface area contributed by atoms with Crippen molar-refractivity contribution in [2.24, 2.45) is 5.73 Å². The Bertz CT molecular complexity index is 378. The van der Waals surface area contributed by atoms with E-state index in [9.17, 15) is 0 Å². The first-order chi connectivity index (χ1) is 7.47. The van der Waals surface area contributed by atoms with Gasteiger partial charge in [-0.15, -0.1) is 0 Å². The lowest BCUT2D eigenvalue weighted by molar-refractivity contribution is 0.351. The molecule has 1 rings (SSSR count). The van der Waals surface area contributed by atoms with Crippen LogP contribution < -0.4 is 15.2 Å². The van der Waals surface area contributed by atoms with Gasteiger partial charge in [-0.2, -0.15) is 0 Å². The Balaban J connectivity index is 3.35. The van der Waals surface area contributed by atoms with Crippen LogP contribution in [-0.4, -0.2) is 20.8 Å². The summed E-state index contributed by atoms with van der Waals surface area (Å²) in [6.07, 6.45) is 0. The molecule has 4 heteroatoms. The second-order valence-electron chi connectivity index (χ2n) is 4.25. The highest BCUT2D eigenvalue weighted by Gasteiger charge is 2.24. The van der Waals surface area contributed by atoms with E-state index >= 15 is 0 Å². The van der Waals surface area contributed by atoms with Gasteiger partial charge in [0.05, 0.1) is 18.7 Å². The van der Waals surface area contributed by atoms with Crippen molar-refractivity contribution in [3.8, 4) is 11.5 Å². The monoisotopic (exact) mass is 287 g/mol. The van der Waals surface area contributed by atoms with E-state index in [4.69, 9.17) is 15.2 Å². The van der Waals surface area contributed by atoms with Crippen LogP contribution in [0.25, 0.3) is 0 Å². The first-order valence-corrected chi connectivity index (χ1v) is 5.88. The van der Waals surface area contributed by atoms with Crippen molar-refractivity contribution in [2.45, 2.75) is 19.3 Å². The van der Waals surface area contributed by atoms with E-state index < -0.39 is 0 Å². The summed E-state index contributed by atoms with van der Waals surface area (Å²) >= 11 is 3.55. The van der Waals surface area contributed by atoms with Crippen LogP contribution in [0.1, 0.15) is 19.4 Å². The van der Waals surface area contributed by atoms with Crippen LogP contribution in [0.5, 0.6) is 11.5 Å². The number of hydrogen-bond acceptors (Lipinski definition) is 3. The first-order valence-electron chi connectivity index (χ1n) is 5.09. The lowest BCUT2D eigenvalue weighted by Crippen LogP contribution is -2.28. The molecule has 0 aromatic heterocycles. The van der Waals surface area contributed by atoms with Gasteiger partial charge in [-0.3, -0.25) is 0 Å². The molecule has 0 atom stereocenters. The summed E-state index contributed by atoms with van der Waals surface area (Å²) < 4.78 is 11.5. The van der Waals surface area contributed by atoms with Crippen molar-refractivity contribution in [3.05, 3.63) is 22.2 Å².